The van der Waals surface area contributed by atoms with Gasteiger partial charge >= 0.3 is 0 Å². The van der Waals surface area contributed by atoms with Crippen molar-refractivity contribution >= 4 is 14.2 Å². The molecule has 0 spiro atoms. The lowest BCUT2D eigenvalue weighted by Gasteiger charge is -2.45. The molecule has 0 bridgehead atoms. The number of hydrogen-bond acceptors (Lipinski definition) is 2. The van der Waals surface area contributed by atoms with Crippen LogP contribution in [0.1, 0.15) is 47.5 Å². The maximum Gasteiger partial charge on any atom is 0.227 e. The van der Waals surface area contributed by atoms with Crippen molar-refractivity contribution in [3.63, 3.8) is 0 Å². The van der Waals surface area contributed by atoms with Gasteiger partial charge in [0.2, 0.25) is 5.91 Å². The molecule has 18 heavy (non-hydrogen) atoms. The van der Waals surface area contributed by atoms with E-state index < -0.39 is 8.32 Å². The highest BCUT2D eigenvalue weighted by atomic mass is 28.4. The first kappa shape index (κ1) is 15.7. The number of amides is 1. The molecule has 1 heterocycles. The van der Waals surface area contributed by atoms with Gasteiger partial charge in [0.1, 0.15) is 0 Å². The fraction of sp³-hybridized carbons (Fsp3) is 0.929. The van der Waals surface area contributed by atoms with Gasteiger partial charge in [-0.05, 0) is 31.5 Å². The highest BCUT2D eigenvalue weighted by Gasteiger charge is 2.46. The lowest BCUT2D eigenvalue weighted by molar-refractivity contribution is -0.140. The average molecular weight is 271 g/mol. The van der Waals surface area contributed by atoms with Crippen LogP contribution < -0.4 is 5.32 Å². The Bertz CT molecular complexity index is 309. The number of carbonyl (C=O) groups is 1. The fourth-order valence-electron chi connectivity index (χ4n) is 2.27. The molecule has 0 aromatic heterocycles. The normalized spacial score (nSPS) is 26.5. The third kappa shape index (κ3) is 3.15. The molecule has 1 rings (SSSR count). The van der Waals surface area contributed by atoms with Gasteiger partial charge in [-0.2, -0.15) is 0 Å². The molecule has 3 atom stereocenters. The van der Waals surface area contributed by atoms with Crippen LogP contribution in [0.25, 0.3) is 0 Å². The number of nitrogens with one attached hydrogen (secondary N) is 1. The fourth-order valence-corrected chi connectivity index (χ4v) is 3.70. The Morgan fingerprint density at radius 3 is 2.33 bits per heavy atom. The van der Waals surface area contributed by atoms with Crippen LogP contribution in [0.3, 0.4) is 0 Å². The summed E-state index contributed by atoms with van der Waals surface area (Å²) in [5.74, 6) is 0.221. The van der Waals surface area contributed by atoms with Gasteiger partial charge in [0.15, 0.2) is 8.32 Å². The summed E-state index contributed by atoms with van der Waals surface area (Å²) in [6.45, 7) is 15.4. The zero-order valence-corrected chi connectivity index (χ0v) is 14.0. The second kappa shape index (κ2) is 5.33. The van der Waals surface area contributed by atoms with Crippen LogP contribution in [0.15, 0.2) is 0 Å². The quantitative estimate of drug-likeness (QED) is 0.615. The molecule has 3 nitrogen and oxygen atoms in total. The van der Waals surface area contributed by atoms with Crippen molar-refractivity contribution in [2.75, 3.05) is 0 Å². The first-order valence-corrected chi connectivity index (χ1v) is 9.99. The van der Waals surface area contributed by atoms with Crippen molar-refractivity contribution in [2.24, 2.45) is 5.92 Å². The lowest BCUT2D eigenvalue weighted by Crippen LogP contribution is -2.63. The van der Waals surface area contributed by atoms with E-state index in [1.165, 1.54) is 0 Å². The van der Waals surface area contributed by atoms with E-state index in [4.69, 9.17) is 4.43 Å². The molecule has 0 aromatic rings. The number of β-lactam (4-membered cyclic amide) rings is 1. The maximum atomic E-state index is 11.7. The predicted molar refractivity (Wildman–Crippen MR) is 78.1 cm³/mol. The minimum Gasteiger partial charge on any atom is -0.413 e. The molecule has 0 radical (unpaired) electrons. The van der Waals surface area contributed by atoms with Crippen molar-refractivity contribution in [1.29, 1.82) is 0 Å². The summed E-state index contributed by atoms with van der Waals surface area (Å²) in [5.41, 5.74) is 0. The Morgan fingerprint density at radius 1 is 1.39 bits per heavy atom. The summed E-state index contributed by atoms with van der Waals surface area (Å²) in [7, 11) is -1.78. The van der Waals surface area contributed by atoms with E-state index in [1.54, 1.807) is 0 Å². The van der Waals surface area contributed by atoms with Gasteiger partial charge in [0, 0.05) is 6.04 Å². The zero-order valence-electron chi connectivity index (χ0n) is 13.0. The molecule has 1 N–H and O–H groups in total. The van der Waals surface area contributed by atoms with Gasteiger partial charge in [-0.15, -0.1) is 0 Å². The summed E-state index contributed by atoms with van der Waals surface area (Å²) < 4.78 is 6.33. The topological polar surface area (TPSA) is 38.3 Å². The van der Waals surface area contributed by atoms with Crippen LogP contribution in [0, 0.1) is 5.92 Å². The number of rotatable bonds is 5. The van der Waals surface area contributed by atoms with Crippen molar-refractivity contribution in [1.82, 2.24) is 5.32 Å². The van der Waals surface area contributed by atoms with E-state index in [0.29, 0.717) is 6.04 Å². The number of carbonyl (C=O) groups excluding carboxylic acids is 1. The molecule has 4 heteroatoms. The second-order valence-electron chi connectivity index (χ2n) is 7.01. The van der Waals surface area contributed by atoms with Crippen LogP contribution in [-0.2, 0) is 9.22 Å². The third-order valence-electron chi connectivity index (χ3n) is 4.46. The molecule has 1 saturated heterocycles. The van der Waals surface area contributed by atoms with Crippen LogP contribution >= 0.6 is 0 Å². The van der Waals surface area contributed by atoms with E-state index >= 15 is 0 Å². The molecule has 1 aliphatic heterocycles. The van der Waals surface area contributed by atoms with E-state index in [1.807, 2.05) is 0 Å². The van der Waals surface area contributed by atoms with E-state index in [9.17, 15) is 4.79 Å². The third-order valence-corrected chi connectivity index (χ3v) is 9.03. The highest BCUT2D eigenvalue weighted by Crippen LogP contribution is 2.39. The Labute approximate surface area is 113 Å². The first-order valence-electron chi connectivity index (χ1n) is 7.08. The van der Waals surface area contributed by atoms with E-state index in [0.717, 1.165) is 12.8 Å². The molecule has 1 fully saturated rings. The highest BCUT2D eigenvalue weighted by molar-refractivity contribution is 6.74. The molecule has 0 unspecified atom stereocenters. The van der Waals surface area contributed by atoms with Gasteiger partial charge < -0.3 is 9.74 Å². The first-order chi connectivity index (χ1) is 8.10. The largest absolute Gasteiger partial charge is 0.413 e. The second-order valence-corrected chi connectivity index (χ2v) is 11.8. The molecule has 106 valence electrons. The maximum absolute atomic E-state index is 11.7. The van der Waals surface area contributed by atoms with E-state index in [-0.39, 0.29) is 23.0 Å². The Kier molecular flexibility index (Phi) is 4.65. The minimum absolute atomic E-state index is 0.0381. The van der Waals surface area contributed by atoms with Gasteiger partial charge in [0.25, 0.3) is 0 Å². The van der Waals surface area contributed by atoms with Crippen molar-refractivity contribution in [3.8, 4) is 0 Å². The summed E-state index contributed by atoms with van der Waals surface area (Å²) in [6, 6.07) is 0.322. The Hall–Kier alpha value is -0.353. The van der Waals surface area contributed by atoms with Crippen molar-refractivity contribution in [2.45, 2.75) is 77.7 Å². The summed E-state index contributed by atoms with van der Waals surface area (Å²) in [4.78, 5) is 11.7. The SMILES string of the molecule is CCC[C@H]1NC(=O)[C@@H]1[C@@H](C)O[Si](C)(C)C(C)(C)C. The molecular weight excluding hydrogens is 242 g/mol. The molecule has 1 amide bonds. The molecule has 0 aliphatic carbocycles. The Balaban J connectivity index is 2.65. The van der Waals surface area contributed by atoms with Gasteiger partial charge in [-0.3, -0.25) is 4.79 Å². The van der Waals surface area contributed by atoms with Crippen LogP contribution in [-0.4, -0.2) is 26.4 Å². The van der Waals surface area contributed by atoms with Crippen LogP contribution in [0.5, 0.6) is 0 Å². The molecular formula is C14H29NO2Si. The van der Waals surface area contributed by atoms with Crippen molar-refractivity contribution < 1.29 is 9.22 Å². The Morgan fingerprint density at radius 2 is 1.94 bits per heavy atom. The monoisotopic (exact) mass is 271 g/mol. The molecule has 1 aliphatic rings. The number of hydrogen-bond donors (Lipinski definition) is 1. The zero-order chi connectivity index (χ0) is 14.1. The predicted octanol–water partition coefficient (Wildman–Crippen LogP) is 3.31. The minimum atomic E-state index is -1.78. The summed E-state index contributed by atoms with van der Waals surface area (Å²) in [6.07, 6.45) is 2.20. The summed E-state index contributed by atoms with van der Waals surface area (Å²) in [5, 5.41) is 3.19. The van der Waals surface area contributed by atoms with Gasteiger partial charge in [-0.1, -0.05) is 34.1 Å². The van der Waals surface area contributed by atoms with Crippen LogP contribution in [0.4, 0.5) is 0 Å². The molecule has 0 aromatic carbocycles. The molecule has 0 saturated carbocycles. The summed E-state index contributed by atoms with van der Waals surface area (Å²) >= 11 is 0. The van der Waals surface area contributed by atoms with Crippen LogP contribution in [0.2, 0.25) is 18.1 Å². The lowest BCUT2D eigenvalue weighted by atomic mass is 9.83. The standard InChI is InChI=1S/C14H29NO2Si/c1-8-9-11-12(13(16)15-11)10(2)17-18(6,7)14(3,4)5/h10-12H,8-9H2,1-7H3,(H,15,16)/t10-,11-,12-/m1/s1. The average Bonchev–Trinajstić information content (AvgIpc) is 2.13. The smallest absolute Gasteiger partial charge is 0.227 e. The van der Waals surface area contributed by atoms with Gasteiger partial charge in [-0.25, -0.2) is 0 Å². The van der Waals surface area contributed by atoms with E-state index in [2.05, 4.69) is 53.0 Å². The van der Waals surface area contributed by atoms with Gasteiger partial charge in [0.05, 0.1) is 12.0 Å². The van der Waals surface area contributed by atoms with Crippen molar-refractivity contribution in [3.05, 3.63) is 0 Å².